The van der Waals surface area contributed by atoms with Gasteiger partial charge in [0.1, 0.15) is 17.3 Å². The number of rotatable bonds is 10. The molecule has 0 radical (unpaired) electrons. The summed E-state index contributed by atoms with van der Waals surface area (Å²) < 4.78 is 25.2. The van der Waals surface area contributed by atoms with Crippen molar-refractivity contribution < 1.29 is 18.7 Å². The van der Waals surface area contributed by atoms with E-state index in [0.717, 1.165) is 48.3 Å². The van der Waals surface area contributed by atoms with Gasteiger partial charge in [0.25, 0.3) is 0 Å². The average molecular weight is 422 g/mol. The zero-order valence-electron chi connectivity index (χ0n) is 18.1. The summed E-state index contributed by atoms with van der Waals surface area (Å²) >= 11 is 0. The first-order chi connectivity index (χ1) is 15.1. The molecule has 0 fully saturated rings. The Morgan fingerprint density at radius 1 is 0.935 bits per heavy atom. The number of pyridine rings is 1. The number of nitrogens with zero attached hydrogens (tertiary/aromatic N) is 1. The van der Waals surface area contributed by atoms with Gasteiger partial charge in [-0.3, -0.25) is 4.98 Å². The van der Waals surface area contributed by atoms with Crippen LogP contribution in [0.15, 0.2) is 60.8 Å². The van der Waals surface area contributed by atoms with Gasteiger partial charge in [-0.05, 0) is 73.9 Å². The van der Waals surface area contributed by atoms with Crippen LogP contribution in [0.3, 0.4) is 0 Å². The summed E-state index contributed by atoms with van der Waals surface area (Å²) in [6.45, 7) is 4.70. The molecule has 0 atom stereocenters. The largest absolute Gasteiger partial charge is 0.494 e. The predicted octanol–water partition coefficient (Wildman–Crippen LogP) is 6.63. The lowest BCUT2D eigenvalue weighted by molar-refractivity contribution is 0.0729. The highest BCUT2D eigenvalue weighted by Crippen LogP contribution is 2.23. The number of benzene rings is 2. The van der Waals surface area contributed by atoms with E-state index in [1.807, 2.05) is 31.2 Å². The molecule has 1 aromatic heterocycles. The van der Waals surface area contributed by atoms with Gasteiger partial charge in [0.2, 0.25) is 0 Å². The summed E-state index contributed by atoms with van der Waals surface area (Å²) in [5.74, 6) is -0.226. The Morgan fingerprint density at radius 3 is 2.35 bits per heavy atom. The fourth-order valence-corrected chi connectivity index (χ4v) is 3.30. The van der Waals surface area contributed by atoms with Gasteiger partial charge >= 0.3 is 5.97 Å². The van der Waals surface area contributed by atoms with Crippen molar-refractivity contribution in [3.05, 3.63) is 77.7 Å². The minimum atomic E-state index is -0.731. The van der Waals surface area contributed by atoms with Gasteiger partial charge in [-0.25, -0.2) is 9.18 Å². The molecule has 0 saturated heterocycles. The number of esters is 1. The highest BCUT2D eigenvalue weighted by Gasteiger charge is 2.15. The number of ether oxygens (including phenoxy) is 2. The Hall–Kier alpha value is -3.21. The maximum absolute atomic E-state index is 14.4. The van der Waals surface area contributed by atoms with Crippen LogP contribution in [0, 0.1) is 5.82 Å². The van der Waals surface area contributed by atoms with Crippen LogP contribution in [0.2, 0.25) is 0 Å². The molecule has 5 heteroatoms. The van der Waals surface area contributed by atoms with Gasteiger partial charge in [0, 0.05) is 5.56 Å². The summed E-state index contributed by atoms with van der Waals surface area (Å²) in [5, 5.41) is 0. The summed E-state index contributed by atoms with van der Waals surface area (Å²) in [6, 6.07) is 15.7. The number of hydrogen-bond donors (Lipinski definition) is 0. The fraction of sp³-hybridized carbons (Fsp3) is 0.308. The quantitative estimate of drug-likeness (QED) is 0.272. The molecule has 0 aliphatic heterocycles. The lowest BCUT2D eigenvalue weighted by atomic mass is 10.0. The average Bonchev–Trinajstić information content (AvgIpc) is 2.78. The van der Waals surface area contributed by atoms with E-state index in [1.54, 1.807) is 18.2 Å². The van der Waals surface area contributed by atoms with Gasteiger partial charge in [0.15, 0.2) is 0 Å². The molecule has 0 unspecified atom stereocenters. The fourth-order valence-electron chi connectivity index (χ4n) is 3.30. The molecule has 31 heavy (non-hydrogen) atoms. The van der Waals surface area contributed by atoms with Gasteiger partial charge in [-0.2, -0.15) is 0 Å². The third-order valence-electron chi connectivity index (χ3n) is 4.98. The third kappa shape index (κ3) is 6.38. The van der Waals surface area contributed by atoms with Crippen molar-refractivity contribution in [2.45, 2.75) is 46.0 Å². The Kier molecular flexibility index (Phi) is 8.16. The Labute approximate surface area is 183 Å². The predicted molar refractivity (Wildman–Crippen MR) is 120 cm³/mol. The van der Waals surface area contributed by atoms with E-state index in [4.69, 9.17) is 9.47 Å². The highest BCUT2D eigenvalue weighted by atomic mass is 19.1. The molecule has 162 valence electrons. The summed E-state index contributed by atoms with van der Waals surface area (Å²) in [6.07, 6.45) is 6.76. The second-order valence-corrected chi connectivity index (χ2v) is 7.35. The van der Waals surface area contributed by atoms with E-state index in [0.29, 0.717) is 6.61 Å². The monoisotopic (exact) mass is 421 g/mol. The van der Waals surface area contributed by atoms with Crippen LogP contribution >= 0.6 is 0 Å². The number of hydrogen-bond acceptors (Lipinski definition) is 4. The first-order valence-corrected chi connectivity index (χ1v) is 10.8. The van der Waals surface area contributed by atoms with Gasteiger partial charge in [-0.1, -0.05) is 32.3 Å². The lowest BCUT2D eigenvalue weighted by Gasteiger charge is -2.08. The van der Waals surface area contributed by atoms with Crippen molar-refractivity contribution in [1.82, 2.24) is 4.98 Å². The second kappa shape index (κ2) is 11.3. The van der Waals surface area contributed by atoms with Gasteiger partial charge < -0.3 is 9.47 Å². The van der Waals surface area contributed by atoms with E-state index in [-0.39, 0.29) is 11.3 Å². The summed E-state index contributed by atoms with van der Waals surface area (Å²) in [4.78, 5) is 16.7. The molecule has 0 bridgehead atoms. The van der Waals surface area contributed by atoms with E-state index in [2.05, 4.69) is 11.9 Å². The molecule has 4 nitrogen and oxygen atoms in total. The third-order valence-corrected chi connectivity index (χ3v) is 4.98. The molecule has 0 aliphatic carbocycles. The maximum atomic E-state index is 14.4. The number of unbranched alkanes of at least 4 members (excludes halogenated alkanes) is 3. The van der Waals surface area contributed by atoms with Crippen LogP contribution < -0.4 is 9.47 Å². The second-order valence-electron chi connectivity index (χ2n) is 7.35. The van der Waals surface area contributed by atoms with Crippen molar-refractivity contribution in [2.75, 3.05) is 6.61 Å². The van der Waals surface area contributed by atoms with Crippen molar-refractivity contribution in [2.24, 2.45) is 0 Å². The van der Waals surface area contributed by atoms with Gasteiger partial charge in [0.05, 0.1) is 24.1 Å². The number of carbonyl (C=O) groups excluding carboxylic acids is 1. The van der Waals surface area contributed by atoms with Crippen molar-refractivity contribution in [1.29, 1.82) is 0 Å². The van der Waals surface area contributed by atoms with Crippen molar-refractivity contribution in [3.8, 4) is 22.8 Å². The topological polar surface area (TPSA) is 48.4 Å². The van der Waals surface area contributed by atoms with Gasteiger partial charge in [-0.15, -0.1) is 0 Å². The number of aryl methyl sites for hydroxylation is 1. The first-order valence-electron chi connectivity index (χ1n) is 10.8. The van der Waals surface area contributed by atoms with Crippen LogP contribution in [0.4, 0.5) is 4.39 Å². The van der Waals surface area contributed by atoms with E-state index in [9.17, 15) is 9.18 Å². The zero-order valence-corrected chi connectivity index (χ0v) is 18.1. The van der Waals surface area contributed by atoms with Crippen LogP contribution in [0.1, 0.15) is 55.5 Å². The van der Waals surface area contributed by atoms with E-state index >= 15 is 0 Å². The molecule has 3 aromatic rings. The number of carbonyl (C=O) groups is 1. The molecule has 1 heterocycles. The molecular weight excluding hydrogens is 393 g/mol. The number of halogens is 1. The molecule has 2 aromatic carbocycles. The minimum Gasteiger partial charge on any atom is -0.494 e. The summed E-state index contributed by atoms with van der Waals surface area (Å²) in [5.41, 5.74) is 2.47. The standard InChI is InChI=1S/C26H28FNO3/c1-3-5-6-7-8-19-9-15-23(24(27)17-19)26(29)31-22-14-16-25(28-18-22)20-10-12-21(13-11-20)30-4-2/h9-18H,3-8H2,1-2H3. The van der Waals surface area contributed by atoms with Crippen LogP contribution in [-0.2, 0) is 6.42 Å². The minimum absolute atomic E-state index is 0.0760. The van der Waals surface area contributed by atoms with Crippen molar-refractivity contribution >= 4 is 5.97 Å². The van der Waals surface area contributed by atoms with E-state index in [1.165, 1.54) is 24.8 Å². The van der Waals surface area contributed by atoms with Crippen molar-refractivity contribution in [3.63, 3.8) is 0 Å². The Morgan fingerprint density at radius 2 is 1.71 bits per heavy atom. The highest BCUT2D eigenvalue weighted by molar-refractivity contribution is 5.91. The lowest BCUT2D eigenvalue weighted by Crippen LogP contribution is -2.11. The molecule has 0 aliphatic rings. The Bertz CT molecular complexity index is 985. The van der Waals surface area contributed by atoms with E-state index < -0.39 is 11.8 Å². The Balaban J connectivity index is 1.61. The van der Waals surface area contributed by atoms with Crippen LogP contribution in [0.5, 0.6) is 11.5 Å². The first kappa shape index (κ1) is 22.5. The summed E-state index contributed by atoms with van der Waals surface area (Å²) in [7, 11) is 0. The molecule has 3 rings (SSSR count). The molecule has 0 spiro atoms. The molecule has 0 amide bonds. The smallest absolute Gasteiger partial charge is 0.346 e. The normalized spacial score (nSPS) is 10.7. The SMILES string of the molecule is CCCCCCc1ccc(C(=O)Oc2ccc(-c3ccc(OCC)cc3)nc2)c(F)c1. The molecular formula is C26H28FNO3. The molecule has 0 N–H and O–H groups in total. The number of aromatic nitrogens is 1. The zero-order chi connectivity index (χ0) is 22.1. The van der Waals surface area contributed by atoms with Crippen LogP contribution in [-0.4, -0.2) is 17.6 Å². The molecule has 0 saturated carbocycles. The van der Waals surface area contributed by atoms with Crippen LogP contribution in [0.25, 0.3) is 11.3 Å². The maximum Gasteiger partial charge on any atom is 0.346 e.